The van der Waals surface area contributed by atoms with Crippen LogP contribution in [-0.2, 0) is 10.5 Å². The molecule has 0 aromatic heterocycles. The highest BCUT2D eigenvalue weighted by molar-refractivity contribution is 7.99. The SMILES string of the molecule is CC(CO)N(C)C(=O)CSCc1ccc(Cl)cc1. The van der Waals surface area contributed by atoms with Gasteiger partial charge in [0.2, 0.25) is 5.91 Å². The highest BCUT2D eigenvalue weighted by atomic mass is 35.5. The zero-order valence-electron chi connectivity index (χ0n) is 10.6. The average Bonchev–Trinajstić information content (AvgIpc) is 2.39. The van der Waals surface area contributed by atoms with Crippen molar-refractivity contribution >= 4 is 29.3 Å². The van der Waals surface area contributed by atoms with Crippen LogP contribution in [0.3, 0.4) is 0 Å². The molecule has 1 aromatic rings. The topological polar surface area (TPSA) is 40.5 Å². The van der Waals surface area contributed by atoms with E-state index in [2.05, 4.69) is 0 Å². The second-order valence-corrected chi connectivity index (χ2v) is 5.58. The summed E-state index contributed by atoms with van der Waals surface area (Å²) >= 11 is 7.36. The number of amides is 1. The van der Waals surface area contributed by atoms with Gasteiger partial charge in [0.25, 0.3) is 0 Å². The van der Waals surface area contributed by atoms with E-state index in [9.17, 15) is 4.79 Å². The van der Waals surface area contributed by atoms with Crippen LogP contribution in [0, 0.1) is 0 Å². The smallest absolute Gasteiger partial charge is 0.232 e. The number of aliphatic hydroxyl groups is 1. The number of rotatable bonds is 6. The second kappa shape index (κ2) is 7.67. The van der Waals surface area contributed by atoms with Gasteiger partial charge in [-0.2, -0.15) is 0 Å². The summed E-state index contributed by atoms with van der Waals surface area (Å²) in [4.78, 5) is 13.3. The summed E-state index contributed by atoms with van der Waals surface area (Å²) in [5, 5.41) is 9.69. The molecule has 0 bridgehead atoms. The summed E-state index contributed by atoms with van der Waals surface area (Å²) in [5.41, 5.74) is 1.15. The minimum Gasteiger partial charge on any atom is -0.394 e. The van der Waals surface area contributed by atoms with E-state index in [1.807, 2.05) is 31.2 Å². The van der Waals surface area contributed by atoms with Crippen molar-refractivity contribution in [2.75, 3.05) is 19.4 Å². The summed E-state index contributed by atoms with van der Waals surface area (Å²) in [6.45, 7) is 1.81. The minimum atomic E-state index is -0.131. The molecule has 0 fully saturated rings. The Kier molecular flexibility index (Phi) is 6.54. The van der Waals surface area contributed by atoms with Crippen molar-refractivity contribution < 1.29 is 9.90 Å². The van der Waals surface area contributed by atoms with Gasteiger partial charge < -0.3 is 10.0 Å². The monoisotopic (exact) mass is 287 g/mol. The lowest BCUT2D eigenvalue weighted by Gasteiger charge is -2.22. The second-order valence-electron chi connectivity index (χ2n) is 4.16. The van der Waals surface area contributed by atoms with E-state index in [1.165, 1.54) is 0 Å². The van der Waals surface area contributed by atoms with Gasteiger partial charge in [-0.1, -0.05) is 23.7 Å². The van der Waals surface area contributed by atoms with E-state index in [-0.39, 0.29) is 18.6 Å². The van der Waals surface area contributed by atoms with Crippen molar-refractivity contribution in [3.05, 3.63) is 34.9 Å². The number of benzene rings is 1. The Labute approximate surface area is 117 Å². The van der Waals surface area contributed by atoms with E-state index >= 15 is 0 Å². The predicted octanol–water partition coefficient (Wildman–Crippen LogP) is 2.41. The molecule has 1 amide bonds. The van der Waals surface area contributed by atoms with Gasteiger partial charge in [-0.05, 0) is 24.6 Å². The number of hydrogen-bond donors (Lipinski definition) is 1. The standard InChI is InChI=1S/C13H18ClNO2S/c1-10(7-16)15(2)13(17)9-18-8-11-3-5-12(14)6-4-11/h3-6,10,16H,7-9H2,1-2H3. The first-order chi connectivity index (χ1) is 8.54. The highest BCUT2D eigenvalue weighted by Gasteiger charge is 2.14. The number of halogens is 1. The van der Waals surface area contributed by atoms with Gasteiger partial charge in [-0.3, -0.25) is 4.79 Å². The Bertz CT molecular complexity index is 383. The lowest BCUT2D eigenvalue weighted by Crippen LogP contribution is -2.38. The summed E-state index contributed by atoms with van der Waals surface area (Å²) in [5.74, 6) is 1.24. The molecule has 0 aliphatic rings. The number of carbonyl (C=O) groups is 1. The van der Waals surface area contributed by atoms with Crippen LogP contribution in [0.2, 0.25) is 5.02 Å². The number of hydrogen-bond acceptors (Lipinski definition) is 3. The molecule has 0 heterocycles. The molecule has 1 rings (SSSR count). The Morgan fingerprint density at radius 3 is 2.61 bits per heavy atom. The maximum atomic E-state index is 11.8. The maximum Gasteiger partial charge on any atom is 0.232 e. The van der Waals surface area contributed by atoms with Gasteiger partial charge in [-0.15, -0.1) is 11.8 Å². The van der Waals surface area contributed by atoms with E-state index in [4.69, 9.17) is 16.7 Å². The third-order valence-electron chi connectivity index (χ3n) is 2.73. The van der Waals surface area contributed by atoms with Crippen LogP contribution in [-0.4, -0.2) is 41.4 Å². The lowest BCUT2D eigenvalue weighted by atomic mass is 10.2. The van der Waals surface area contributed by atoms with Crippen molar-refractivity contribution in [3.63, 3.8) is 0 Å². The van der Waals surface area contributed by atoms with Gasteiger partial charge in [0.1, 0.15) is 0 Å². The van der Waals surface area contributed by atoms with Crippen molar-refractivity contribution in [3.8, 4) is 0 Å². The molecule has 0 spiro atoms. The zero-order valence-corrected chi connectivity index (χ0v) is 12.2. The zero-order chi connectivity index (χ0) is 13.5. The van der Waals surface area contributed by atoms with Crippen molar-refractivity contribution in [1.82, 2.24) is 4.90 Å². The highest BCUT2D eigenvalue weighted by Crippen LogP contribution is 2.16. The molecular formula is C13H18ClNO2S. The Morgan fingerprint density at radius 2 is 2.06 bits per heavy atom. The van der Waals surface area contributed by atoms with Gasteiger partial charge in [0, 0.05) is 17.8 Å². The van der Waals surface area contributed by atoms with E-state index in [0.29, 0.717) is 5.75 Å². The van der Waals surface area contributed by atoms with Crippen LogP contribution in [0.4, 0.5) is 0 Å². The van der Waals surface area contributed by atoms with Crippen LogP contribution in [0.5, 0.6) is 0 Å². The molecule has 0 saturated carbocycles. The summed E-state index contributed by atoms with van der Waals surface area (Å²) in [6.07, 6.45) is 0. The van der Waals surface area contributed by atoms with Crippen molar-refractivity contribution in [2.24, 2.45) is 0 Å². The molecular weight excluding hydrogens is 270 g/mol. The molecule has 5 heteroatoms. The normalized spacial score (nSPS) is 12.2. The van der Waals surface area contributed by atoms with E-state index < -0.39 is 0 Å². The molecule has 100 valence electrons. The Hall–Kier alpha value is -0.710. The third-order valence-corrected chi connectivity index (χ3v) is 3.97. The third kappa shape index (κ3) is 4.88. The fourth-order valence-electron chi connectivity index (χ4n) is 1.31. The Morgan fingerprint density at radius 1 is 1.44 bits per heavy atom. The van der Waals surface area contributed by atoms with E-state index in [1.54, 1.807) is 23.7 Å². The fraction of sp³-hybridized carbons (Fsp3) is 0.462. The van der Waals surface area contributed by atoms with Crippen molar-refractivity contribution in [1.29, 1.82) is 0 Å². The molecule has 0 aliphatic heterocycles. The summed E-state index contributed by atoms with van der Waals surface area (Å²) in [6, 6.07) is 7.48. The average molecular weight is 288 g/mol. The minimum absolute atomic E-state index is 0.00983. The lowest BCUT2D eigenvalue weighted by molar-refractivity contribution is -0.129. The first kappa shape index (κ1) is 15.3. The van der Waals surface area contributed by atoms with Crippen LogP contribution in [0.25, 0.3) is 0 Å². The Balaban J connectivity index is 2.33. The van der Waals surface area contributed by atoms with Gasteiger partial charge >= 0.3 is 0 Å². The van der Waals surface area contributed by atoms with E-state index in [0.717, 1.165) is 16.3 Å². The number of thioether (sulfide) groups is 1. The first-order valence-electron chi connectivity index (χ1n) is 5.73. The quantitative estimate of drug-likeness (QED) is 0.873. The predicted molar refractivity (Wildman–Crippen MR) is 76.9 cm³/mol. The number of likely N-dealkylation sites (N-methyl/N-ethyl adjacent to an activating group) is 1. The molecule has 0 radical (unpaired) electrons. The van der Waals surface area contributed by atoms with Crippen LogP contribution >= 0.6 is 23.4 Å². The molecule has 18 heavy (non-hydrogen) atoms. The van der Waals surface area contributed by atoms with Crippen LogP contribution in [0.15, 0.2) is 24.3 Å². The number of nitrogens with zero attached hydrogens (tertiary/aromatic N) is 1. The largest absolute Gasteiger partial charge is 0.394 e. The number of aliphatic hydroxyl groups excluding tert-OH is 1. The van der Waals surface area contributed by atoms with Crippen molar-refractivity contribution in [2.45, 2.75) is 18.7 Å². The van der Waals surface area contributed by atoms with Crippen LogP contribution in [0.1, 0.15) is 12.5 Å². The van der Waals surface area contributed by atoms with Gasteiger partial charge in [-0.25, -0.2) is 0 Å². The molecule has 3 nitrogen and oxygen atoms in total. The molecule has 1 unspecified atom stereocenters. The fourth-order valence-corrected chi connectivity index (χ4v) is 2.34. The summed E-state index contributed by atoms with van der Waals surface area (Å²) < 4.78 is 0. The van der Waals surface area contributed by atoms with Gasteiger partial charge in [0.15, 0.2) is 0 Å². The molecule has 1 N–H and O–H groups in total. The molecule has 0 aliphatic carbocycles. The number of carbonyl (C=O) groups excluding carboxylic acids is 1. The van der Waals surface area contributed by atoms with Gasteiger partial charge in [0.05, 0.1) is 18.4 Å². The van der Waals surface area contributed by atoms with Crippen LogP contribution < -0.4 is 0 Å². The molecule has 1 aromatic carbocycles. The molecule has 0 saturated heterocycles. The summed E-state index contributed by atoms with van der Waals surface area (Å²) in [7, 11) is 1.71. The maximum absolute atomic E-state index is 11.8. The first-order valence-corrected chi connectivity index (χ1v) is 7.26. The molecule has 1 atom stereocenters.